The normalized spacial score (nSPS) is 12.6. The number of thioether (sulfide) groups is 1. The van der Waals surface area contributed by atoms with Crippen LogP contribution in [0.1, 0.15) is 24.2 Å². The maximum atomic E-state index is 14.3. The number of carbonyl (C=O) groups excluding carboxylic acids is 1. The highest BCUT2D eigenvalue weighted by Gasteiger charge is 2.20. The standard InChI is InChI=1S/C21H20FN3O3S/c1-13(2)10-25-20(15-5-3-4-6-16(15)22)23-24-21(25)29-11-17(26)14-7-8-18-19(9-14)28-12-27-18/h3-9,13H,10-12H2,1-2H3. The van der Waals surface area contributed by atoms with Crippen molar-refractivity contribution in [3.8, 4) is 22.9 Å². The first-order chi connectivity index (χ1) is 14.0. The van der Waals surface area contributed by atoms with Gasteiger partial charge in [0.05, 0.1) is 11.3 Å². The summed E-state index contributed by atoms with van der Waals surface area (Å²) in [5.41, 5.74) is 0.945. The second kappa shape index (κ2) is 8.24. The van der Waals surface area contributed by atoms with Gasteiger partial charge in [-0.1, -0.05) is 37.7 Å². The highest BCUT2D eigenvalue weighted by molar-refractivity contribution is 7.99. The predicted octanol–water partition coefficient (Wildman–Crippen LogP) is 4.44. The Morgan fingerprint density at radius 1 is 1.17 bits per heavy atom. The summed E-state index contributed by atoms with van der Waals surface area (Å²) >= 11 is 1.29. The van der Waals surface area contributed by atoms with Crippen molar-refractivity contribution in [1.29, 1.82) is 0 Å². The predicted molar refractivity (Wildman–Crippen MR) is 108 cm³/mol. The van der Waals surface area contributed by atoms with Crippen LogP contribution in [0.3, 0.4) is 0 Å². The molecule has 4 rings (SSSR count). The van der Waals surface area contributed by atoms with Crippen LogP contribution in [0.15, 0.2) is 47.6 Å². The largest absolute Gasteiger partial charge is 0.454 e. The molecular formula is C21H20FN3O3S. The van der Waals surface area contributed by atoms with Crippen molar-refractivity contribution in [3.05, 3.63) is 53.8 Å². The molecule has 1 aliphatic rings. The van der Waals surface area contributed by atoms with Crippen LogP contribution in [0.4, 0.5) is 4.39 Å². The molecule has 6 nitrogen and oxygen atoms in total. The number of ether oxygens (including phenoxy) is 2. The van der Waals surface area contributed by atoms with Gasteiger partial charge >= 0.3 is 0 Å². The summed E-state index contributed by atoms with van der Waals surface area (Å²) in [7, 11) is 0. The van der Waals surface area contributed by atoms with E-state index in [0.29, 0.717) is 46.1 Å². The lowest BCUT2D eigenvalue weighted by atomic mass is 10.1. The second-order valence-corrected chi connectivity index (χ2v) is 8.01. The van der Waals surface area contributed by atoms with E-state index in [4.69, 9.17) is 9.47 Å². The molecule has 0 unspecified atom stereocenters. The summed E-state index contributed by atoms with van der Waals surface area (Å²) in [6.07, 6.45) is 0. The molecule has 8 heteroatoms. The lowest BCUT2D eigenvalue weighted by Gasteiger charge is -2.12. The molecule has 2 heterocycles. The molecule has 29 heavy (non-hydrogen) atoms. The van der Waals surface area contributed by atoms with E-state index in [0.717, 1.165) is 0 Å². The molecule has 0 radical (unpaired) electrons. The van der Waals surface area contributed by atoms with Gasteiger partial charge in [0.15, 0.2) is 28.3 Å². The zero-order valence-corrected chi connectivity index (χ0v) is 16.9. The molecule has 0 saturated carbocycles. The van der Waals surface area contributed by atoms with E-state index >= 15 is 0 Å². The van der Waals surface area contributed by atoms with Gasteiger partial charge in [-0.15, -0.1) is 10.2 Å². The topological polar surface area (TPSA) is 66.2 Å². The Labute approximate surface area is 172 Å². The summed E-state index contributed by atoms with van der Waals surface area (Å²) < 4.78 is 26.8. The third-order valence-electron chi connectivity index (χ3n) is 4.41. The van der Waals surface area contributed by atoms with Crippen molar-refractivity contribution >= 4 is 17.5 Å². The fourth-order valence-electron chi connectivity index (χ4n) is 3.05. The smallest absolute Gasteiger partial charge is 0.231 e. The molecular weight excluding hydrogens is 393 g/mol. The number of ketones is 1. The SMILES string of the molecule is CC(C)Cn1c(SCC(=O)c2ccc3c(c2)OCO3)nnc1-c1ccccc1F. The molecule has 0 spiro atoms. The van der Waals surface area contributed by atoms with Crippen molar-refractivity contribution in [3.63, 3.8) is 0 Å². The highest BCUT2D eigenvalue weighted by Crippen LogP contribution is 2.33. The Bertz CT molecular complexity index is 1050. The van der Waals surface area contributed by atoms with Crippen LogP contribution in [0.25, 0.3) is 11.4 Å². The molecule has 0 bridgehead atoms. The number of halogens is 1. The monoisotopic (exact) mass is 413 g/mol. The first kappa shape index (κ1) is 19.4. The van der Waals surface area contributed by atoms with Gasteiger partial charge in [-0.25, -0.2) is 4.39 Å². The second-order valence-electron chi connectivity index (χ2n) is 7.07. The number of hydrogen-bond acceptors (Lipinski definition) is 6. The average molecular weight is 413 g/mol. The van der Waals surface area contributed by atoms with Gasteiger partial charge in [0.1, 0.15) is 5.82 Å². The summed E-state index contributed by atoms with van der Waals surface area (Å²) in [6, 6.07) is 11.6. The Morgan fingerprint density at radius 2 is 1.97 bits per heavy atom. The fraction of sp³-hybridized carbons (Fsp3) is 0.286. The summed E-state index contributed by atoms with van der Waals surface area (Å²) in [6.45, 7) is 4.92. The van der Waals surface area contributed by atoms with Gasteiger partial charge in [0.25, 0.3) is 0 Å². The molecule has 0 amide bonds. The van der Waals surface area contributed by atoms with Crippen molar-refractivity contribution in [2.75, 3.05) is 12.5 Å². The first-order valence-corrected chi connectivity index (χ1v) is 10.2. The average Bonchev–Trinajstić information content (AvgIpc) is 3.32. The zero-order chi connectivity index (χ0) is 20.4. The van der Waals surface area contributed by atoms with Crippen LogP contribution >= 0.6 is 11.8 Å². The molecule has 0 fully saturated rings. The Morgan fingerprint density at radius 3 is 2.76 bits per heavy atom. The van der Waals surface area contributed by atoms with Crippen LogP contribution in [0.2, 0.25) is 0 Å². The Balaban J connectivity index is 1.55. The van der Waals surface area contributed by atoms with Crippen LogP contribution in [-0.2, 0) is 6.54 Å². The van der Waals surface area contributed by atoms with Gasteiger partial charge in [0.2, 0.25) is 6.79 Å². The zero-order valence-electron chi connectivity index (χ0n) is 16.1. The first-order valence-electron chi connectivity index (χ1n) is 9.26. The van der Waals surface area contributed by atoms with Gasteiger partial charge in [-0.2, -0.15) is 0 Å². The fourth-order valence-corrected chi connectivity index (χ4v) is 3.89. The molecule has 1 aliphatic heterocycles. The molecule has 1 aromatic heterocycles. The number of rotatable bonds is 7. The lowest BCUT2D eigenvalue weighted by Crippen LogP contribution is -2.10. The van der Waals surface area contributed by atoms with E-state index < -0.39 is 0 Å². The third-order valence-corrected chi connectivity index (χ3v) is 5.37. The van der Waals surface area contributed by atoms with Gasteiger partial charge in [-0.05, 0) is 36.2 Å². The molecule has 2 aromatic carbocycles. The molecule has 0 N–H and O–H groups in total. The Kier molecular flexibility index (Phi) is 5.53. The highest BCUT2D eigenvalue weighted by atomic mass is 32.2. The lowest BCUT2D eigenvalue weighted by molar-refractivity contribution is 0.102. The van der Waals surface area contributed by atoms with E-state index in [1.54, 1.807) is 36.4 Å². The van der Waals surface area contributed by atoms with Crippen molar-refractivity contribution in [1.82, 2.24) is 14.8 Å². The van der Waals surface area contributed by atoms with Gasteiger partial charge in [-0.3, -0.25) is 4.79 Å². The number of Topliss-reactive ketones (excluding diaryl/α,β-unsaturated/α-hetero) is 1. The third kappa shape index (κ3) is 4.12. The minimum Gasteiger partial charge on any atom is -0.454 e. The Hall–Kier alpha value is -2.87. The van der Waals surface area contributed by atoms with E-state index in [1.807, 2.05) is 4.57 Å². The van der Waals surface area contributed by atoms with E-state index in [-0.39, 0.29) is 24.1 Å². The van der Waals surface area contributed by atoms with E-state index in [9.17, 15) is 9.18 Å². The number of nitrogens with zero attached hydrogens (tertiary/aromatic N) is 3. The molecule has 0 aliphatic carbocycles. The van der Waals surface area contributed by atoms with E-state index in [1.165, 1.54) is 17.8 Å². The number of aromatic nitrogens is 3. The molecule has 0 saturated heterocycles. The van der Waals surface area contributed by atoms with Crippen molar-refractivity contribution < 1.29 is 18.7 Å². The molecule has 150 valence electrons. The maximum absolute atomic E-state index is 14.3. The molecule has 3 aromatic rings. The summed E-state index contributed by atoms with van der Waals surface area (Å²) in [5.74, 6) is 1.77. The number of hydrogen-bond donors (Lipinski definition) is 0. The van der Waals surface area contributed by atoms with Crippen molar-refractivity contribution in [2.24, 2.45) is 5.92 Å². The van der Waals surface area contributed by atoms with Crippen LogP contribution in [0, 0.1) is 11.7 Å². The number of carbonyl (C=O) groups is 1. The summed E-state index contributed by atoms with van der Waals surface area (Å²) in [5, 5.41) is 9.01. The van der Waals surface area contributed by atoms with Crippen LogP contribution in [-0.4, -0.2) is 33.1 Å². The molecule has 0 atom stereocenters. The van der Waals surface area contributed by atoms with Crippen LogP contribution < -0.4 is 9.47 Å². The van der Waals surface area contributed by atoms with Crippen LogP contribution in [0.5, 0.6) is 11.5 Å². The number of fused-ring (bicyclic) bond motifs is 1. The number of benzene rings is 2. The van der Waals surface area contributed by atoms with Gasteiger partial charge in [0, 0.05) is 12.1 Å². The quantitative estimate of drug-likeness (QED) is 0.421. The van der Waals surface area contributed by atoms with E-state index in [2.05, 4.69) is 24.0 Å². The summed E-state index contributed by atoms with van der Waals surface area (Å²) in [4.78, 5) is 12.6. The maximum Gasteiger partial charge on any atom is 0.231 e. The minimum atomic E-state index is -0.349. The minimum absolute atomic E-state index is 0.0557. The van der Waals surface area contributed by atoms with Gasteiger partial charge < -0.3 is 14.0 Å². The van der Waals surface area contributed by atoms with Crippen molar-refractivity contribution in [2.45, 2.75) is 25.5 Å².